The molecular weight excluding hydrogens is 388 g/mol. The van der Waals surface area contributed by atoms with Crippen LogP contribution in [0.4, 0.5) is 5.69 Å². The molecule has 1 atom stereocenters. The zero-order valence-corrected chi connectivity index (χ0v) is 17.6. The fourth-order valence-electron chi connectivity index (χ4n) is 4.57. The Balaban J connectivity index is 1.37. The normalized spacial score (nSPS) is 19.1. The molecule has 1 amide bonds. The third kappa shape index (κ3) is 3.85. The second-order valence-corrected chi connectivity index (χ2v) is 8.59. The topological polar surface area (TPSA) is 78.1 Å². The molecule has 0 aliphatic carbocycles. The average Bonchev–Trinajstić information content (AvgIpc) is 3.24. The summed E-state index contributed by atoms with van der Waals surface area (Å²) in [5.41, 5.74) is 6.81. The fraction of sp³-hybridized carbons (Fsp3) is 0.320. The van der Waals surface area contributed by atoms with Crippen LogP contribution in [0.5, 0.6) is 0 Å². The molecule has 158 valence electrons. The van der Waals surface area contributed by atoms with Gasteiger partial charge in [-0.05, 0) is 50.1 Å². The number of hydrogen-bond donors (Lipinski definition) is 2. The number of nitrogens with one attached hydrogen (secondary N) is 2. The number of amides is 1. The number of H-pyrrole nitrogens is 1. The number of aldehydes is 1. The molecular formula is C25H26N4O2. The number of benzene rings is 1. The highest BCUT2D eigenvalue weighted by Crippen LogP contribution is 2.29. The van der Waals surface area contributed by atoms with E-state index >= 15 is 0 Å². The standard InChI is InChI=1S/C25H26N4O2/c1-16-12-24-21(25(31)27-16)14-23(28-24)19-6-9-26-22(13-19)18-2-4-20(5-3-18)29-10-7-17(15-30)8-11-29/h2-6,9,13-17,28H,7-8,10-12H2,1H3,(H,27,31). The first-order valence-electron chi connectivity index (χ1n) is 10.9. The van der Waals surface area contributed by atoms with Gasteiger partial charge >= 0.3 is 0 Å². The number of rotatable bonds is 4. The largest absolute Gasteiger partial charge is 0.371 e. The van der Waals surface area contributed by atoms with E-state index in [2.05, 4.69) is 50.5 Å². The van der Waals surface area contributed by atoms with Crippen molar-refractivity contribution in [2.45, 2.75) is 32.2 Å². The van der Waals surface area contributed by atoms with Crippen LogP contribution in [0.3, 0.4) is 0 Å². The number of pyridine rings is 1. The molecule has 1 saturated heterocycles. The molecule has 1 fully saturated rings. The van der Waals surface area contributed by atoms with Crippen LogP contribution in [-0.4, -0.2) is 41.3 Å². The molecule has 0 radical (unpaired) electrons. The first-order chi connectivity index (χ1) is 15.1. The van der Waals surface area contributed by atoms with E-state index in [0.717, 1.165) is 72.4 Å². The number of nitrogens with zero attached hydrogens (tertiary/aromatic N) is 2. The monoisotopic (exact) mass is 414 g/mol. The lowest BCUT2D eigenvalue weighted by Crippen LogP contribution is -2.38. The van der Waals surface area contributed by atoms with Gasteiger partial charge in [-0.25, -0.2) is 0 Å². The predicted molar refractivity (Wildman–Crippen MR) is 121 cm³/mol. The Morgan fingerprint density at radius 1 is 1.06 bits per heavy atom. The predicted octanol–water partition coefficient (Wildman–Crippen LogP) is 3.83. The van der Waals surface area contributed by atoms with Crippen molar-refractivity contribution in [3.05, 3.63) is 59.9 Å². The van der Waals surface area contributed by atoms with Crippen LogP contribution in [0.25, 0.3) is 22.5 Å². The van der Waals surface area contributed by atoms with Gasteiger partial charge in [0.25, 0.3) is 5.91 Å². The average molecular weight is 415 g/mol. The van der Waals surface area contributed by atoms with Gasteiger partial charge in [0.15, 0.2) is 0 Å². The second-order valence-electron chi connectivity index (χ2n) is 8.59. The van der Waals surface area contributed by atoms with Gasteiger partial charge in [-0.2, -0.15) is 0 Å². The van der Waals surface area contributed by atoms with E-state index in [0.29, 0.717) is 0 Å². The third-order valence-electron chi connectivity index (χ3n) is 6.36. The number of carbonyl (C=O) groups is 2. The highest BCUT2D eigenvalue weighted by Gasteiger charge is 2.24. The zero-order chi connectivity index (χ0) is 21.4. The molecule has 5 rings (SSSR count). The maximum Gasteiger partial charge on any atom is 0.253 e. The van der Waals surface area contributed by atoms with Gasteiger partial charge < -0.3 is 20.0 Å². The van der Waals surface area contributed by atoms with Gasteiger partial charge in [-0.15, -0.1) is 0 Å². The smallest absolute Gasteiger partial charge is 0.253 e. The Bertz CT molecular complexity index is 1110. The van der Waals surface area contributed by atoms with E-state index in [1.54, 1.807) is 0 Å². The number of aromatic amines is 1. The lowest BCUT2D eigenvalue weighted by atomic mass is 9.98. The van der Waals surface area contributed by atoms with Crippen LogP contribution in [-0.2, 0) is 11.2 Å². The Morgan fingerprint density at radius 3 is 2.58 bits per heavy atom. The number of hydrogen-bond acceptors (Lipinski definition) is 4. The minimum absolute atomic E-state index is 0.0155. The number of piperidine rings is 1. The fourth-order valence-corrected chi connectivity index (χ4v) is 4.57. The Hall–Kier alpha value is -3.41. The molecule has 0 saturated carbocycles. The summed E-state index contributed by atoms with van der Waals surface area (Å²) < 4.78 is 0. The minimum atomic E-state index is -0.0155. The summed E-state index contributed by atoms with van der Waals surface area (Å²) in [6.07, 6.45) is 5.56. The van der Waals surface area contributed by atoms with Gasteiger partial charge in [0.2, 0.25) is 0 Å². The minimum Gasteiger partial charge on any atom is -0.371 e. The molecule has 31 heavy (non-hydrogen) atoms. The molecule has 6 heteroatoms. The number of carbonyl (C=O) groups excluding carboxylic acids is 2. The molecule has 2 aliphatic heterocycles. The van der Waals surface area contributed by atoms with E-state index in [1.807, 2.05) is 25.3 Å². The van der Waals surface area contributed by atoms with Crippen LogP contribution in [0.2, 0.25) is 0 Å². The lowest BCUT2D eigenvalue weighted by Gasteiger charge is -2.31. The highest BCUT2D eigenvalue weighted by molar-refractivity contribution is 5.98. The van der Waals surface area contributed by atoms with Crippen molar-refractivity contribution in [3.8, 4) is 22.5 Å². The summed E-state index contributed by atoms with van der Waals surface area (Å²) in [5.74, 6) is 0.189. The van der Waals surface area contributed by atoms with Crippen LogP contribution in [0, 0.1) is 5.92 Å². The Labute approximate surface area is 181 Å². The molecule has 4 heterocycles. The van der Waals surface area contributed by atoms with Gasteiger partial charge in [-0.1, -0.05) is 12.1 Å². The summed E-state index contributed by atoms with van der Waals surface area (Å²) >= 11 is 0. The van der Waals surface area contributed by atoms with Crippen LogP contribution in [0.15, 0.2) is 48.7 Å². The van der Waals surface area contributed by atoms with Crippen molar-refractivity contribution in [1.82, 2.24) is 15.3 Å². The van der Waals surface area contributed by atoms with Crippen molar-refractivity contribution in [2.24, 2.45) is 5.92 Å². The molecule has 1 aromatic carbocycles. The highest BCUT2D eigenvalue weighted by atomic mass is 16.1. The molecule has 0 spiro atoms. The molecule has 2 aliphatic rings. The number of aromatic nitrogens is 2. The Morgan fingerprint density at radius 2 is 1.84 bits per heavy atom. The Kier molecular flexibility index (Phi) is 5.06. The van der Waals surface area contributed by atoms with Gasteiger partial charge in [0, 0.05) is 65.9 Å². The van der Waals surface area contributed by atoms with Crippen molar-refractivity contribution in [1.29, 1.82) is 0 Å². The van der Waals surface area contributed by atoms with Gasteiger partial charge in [0.1, 0.15) is 6.29 Å². The van der Waals surface area contributed by atoms with Crippen molar-refractivity contribution >= 4 is 17.9 Å². The maximum absolute atomic E-state index is 12.3. The summed E-state index contributed by atoms with van der Waals surface area (Å²) in [6.45, 7) is 3.85. The number of anilines is 1. The van der Waals surface area contributed by atoms with Gasteiger partial charge in [0.05, 0.1) is 11.3 Å². The third-order valence-corrected chi connectivity index (χ3v) is 6.36. The number of fused-ring (bicyclic) bond motifs is 1. The van der Waals surface area contributed by atoms with Crippen molar-refractivity contribution in [3.63, 3.8) is 0 Å². The quantitative estimate of drug-likeness (QED) is 0.636. The van der Waals surface area contributed by atoms with Crippen molar-refractivity contribution < 1.29 is 9.59 Å². The summed E-state index contributed by atoms with van der Waals surface area (Å²) in [6, 6.07) is 14.6. The van der Waals surface area contributed by atoms with E-state index in [4.69, 9.17) is 0 Å². The molecule has 3 aromatic rings. The van der Waals surface area contributed by atoms with Crippen molar-refractivity contribution in [2.75, 3.05) is 18.0 Å². The van der Waals surface area contributed by atoms with Crippen LogP contribution >= 0.6 is 0 Å². The first-order valence-corrected chi connectivity index (χ1v) is 10.9. The van der Waals surface area contributed by atoms with E-state index < -0.39 is 0 Å². The van der Waals surface area contributed by atoms with E-state index in [-0.39, 0.29) is 17.9 Å². The zero-order valence-electron chi connectivity index (χ0n) is 17.6. The molecule has 0 bridgehead atoms. The van der Waals surface area contributed by atoms with E-state index in [9.17, 15) is 9.59 Å². The maximum atomic E-state index is 12.3. The molecule has 2 N–H and O–H groups in total. The second kappa shape index (κ2) is 8.02. The summed E-state index contributed by atoms with van der Waals surface area (Å²) in [4.78, 5) is 33.6. The van der Waals surface area contributed by atoms with Gasteiger partial charge in [-0.3, -0.25) is 9.78 Å². The molecule has 2 aromatic heterocycles. The first kappa shape index (κ1) is 19.5. The van der Waals surface area contributed by atoms with Crippen LogP contribution in [0.1, 0.15) is 35.8 Å². The van der Waals surface area contributed by atoms with Crippen LogP contribution < -0.4 is 10.2 Å². The lowest BCUT2D eigenvalue weighted by molar-refractivity contribution is -0.111. The summed E-state index contributed by atoms with van der Waals surface area (Å²) in [5, 5.41) is 2.98. The van der Waals surface area contributed by atoms with E-state index in [1.165, 1.54) is 5.69 Å². The molecule has 6 nitrogen and oxygen atoms in total. The SMILES string of the molecule is CC1Cc2[nH]c(-c3ccnc(-c4ccc(N5CCC(C=O)CC5)cc4)c3)cc2C(=O)N1. The molecule has 1 unspecified atom stereocenters. The summed E-state index contributed by atoms with van der Waals surface area (Å²) in [7, 11) is 0.